The smallest absolute Gasteiger partial charge is 0.0433 e. The molecule has 1 aliphatic rings. The van der Waals surface area contributed by atoms with Crippen molar-refractivity contribution in [1.29, 1.82) is 0 Å². The highest BCUT2D eigenvalue weighted by atomic mass is 16.3. The van der Waals surface area contributed by atoms with Gasteiger partial charge in [-0.3, -0.25) is 0 Å². The Morgan fingerprint density at radius 2 is 2.20 bits per heavy atom. The topological polar surface area (TPSA) is 32.3 Å². The molecule has 2 nitrogen and oxygen atoms in total. The molecule has 0 spiro atoms. The molecule has 1 rings (SSSR count). The van der Waals surface area contributed by atoms with Crippen LogP contribution in [0.15, 0.2) is 0 Å². The highest BCUT2D eigenvalue weighted by Crippen LogP contribution is 2.16. The first kappa shape index (κ1) is 8.02. The molecule has 0 aromatic rings. The van der Waals surface area contributed by atoms with Crippen molar-refractivity contribution in [2.75, 3.05) is 19.7 Å². The summed E-state index contributed by atoms with van der Waals surface area (Å²) in [5.41, 5.74) is 0. The van der Waals surface area contributed by atoms with Gasteiger partial charge in [0.05, 0.1) is 0 Å². The van der Waals surface area contributed by atoms with E-state index in [1.807, 2.05) is 0 Å². The largest absolute Gasteiger partial charge is 0.396 e. The molecule has 1 aliphatic heterocycles. The third kappa shape index (κ3) is 2.67. The standard InChI is InChI=1S/C8H17NO/c10-7-4-8-2-1-5-9-6-3-8/h8-10H,1-7H2/t8-/m0/s1. The van der Waals surface area contributed by atoms with Gasteiger partial charge in [0, 0.05) is 6.61 Å². The van der Waals surface area contributed by atoms with Crippen LogP contribution in [0.5, 0.6) is 0 Å². The highest BCUT2D eigenvalue weighted by Gasteiger charge is 2.09. The molecule has 0 aromatic carbocycles. The summed E-state index contributed by atoms with van der Waals surface area (Å²) in [7, 11) is 0. The summed E-state index contributed by atoms with van der Waals surface area (Å²) in [5.74, 6) is 0.778. The Morgan fingerprint density at radius 1 is 1.30 bits per heavy atom. The first-order valence-electron chi connectivity index (χ1n) is 4.25. The second-order valence-corrected chi connectivity index (χ2v) is 3.06. The van der Waals surface area contributed by atoms with Crippen molar-refractivity contribution in [1.82, 2.24) is 5.32 Å². The molecule has 0 aliphatic carbocycles. The van der Waals surface area contributed by atoms with Crippen molar-refractivity contribution >= 4 is 0 Å². The molecule has 0 amide bonds. The summed E-state index contributed by atoms with van der Waals surface area (Å²) in [6.45, 7) is 2.68. The second-order valence-electron chi connectivity index (χ2n) is 3.06. The molecule has 2 heteroatoms. The van der Waals surface area contributed by atoms with Crippen LogP contribution in [0.3, 0.4) is 0 Å². The van der Waals surface area contributed by atoms with Gasteiger partial charge in [-0.1, -0.05) is 0 Å². The Labute approximate surface area is 62.6 Å². The normalized spacial score (nSPS) is 27.9. The van der Waals surface area contributed by atoms with E-state index in [1.54, 1.807) is 0 Å². The van der Waals surface area contributed by atoms with Crippen LogP contribution in [-0.4, -0.2) is 24.8 Å². The average molecular weight is 143 g/mol. The third-order valence-electron chi connectivity index (χ3n) is 2.23. The molecule has 0 saturated carbocycles. The lowest BCUT2D eigenvalue weighted by atomic mass is 9.98. The van der Waals surface area contributed by atoms with Crippen LogP contribution in [-0.2, 0) is 0 Å². The van der Waals surface area contributed by atoms with Gasteiger partial charge in [0.1, 0.15) is 0 Å². The minimum atomic E-state index is 0.366. The molecule has 1 heterocycles. The molecule has 1 fully saturated rings. The van der Waals surface area contributed by atoms with Crippen molar-refractivity contribution in [2.24, 2.45) is 5.92 Å². The van der Waals surface area contributed by atoms with E-state index < -0.39 is 0 Å². The van der Waals surface area contributed by atoms with Crippen molar-refractivity contribution < 1.29 is 5.11 Å². The number of aliphatic hydroxyl groups excluding tert-OH is 1. The van der Waals surface area contributed by atoms with Gasteiger partial charge in [-0.25, -0.2) is 0 Å². The second kappa shape index (κ2) is 4.69. The van der Waals surface area contributed by atoms with Gasteiger partial charge in [0.15, 0.2) is 0 Å². The fourth-order valence-corrected chi connectivity index (χ4v) is 1.56. The van der Waals surface area contributed by atoms with Crippen molar-refractivity contribution in [3.05, 3.63) is 0 Å². The fourth-order valence-electron chi connectivity index (χ4n) is 1.56. The van der Waals surface area contributed by atoms with E-state index in [1.165, 1.54) is 25.8 Å². The summed E-state index contributed by atoms with van der Waals surface area (Å²) in [6.07, 6.45) is 4.83. The van der Waals surface area contributed by atoms with Crippen molar-refractivity contribution in [3.8, 4) is 0 Å². The summed E-state index contributed by atoms with van der Waals surface area (Å²) < 4.78 is 0. The molecule has 10 heavy (non-hydrogen) atoms. The van der Waals surface area contributed by atoms with E-state index in [0.29, 0.717) is 6.61 Å². The Balaban J connectivity index is 2.15. The number of hydrogen-bond acceptors (Lipinski definition) is 2. The fraction of sp³-hybridized carbons (Fsp3) is 1.00. The van der Waals surface area contributed by atoms with Gasteiger partial charge in [-0.15, -0.1) is 0 Å². The molecule has 1 atom stereocenters. The Bertz CT molecular complexity index is 77.3. The van der Waals surface area contributed by atoms with Crippen LogP contribution >= 0.6 is 0 Å². The summed E-state index contributed by atoms with van der Waals surface area (Å²) in [6, 6.07) is 0. The van der Waals surface area contributed by atoms with Crippen LogP contribution < -0.4 is 5.32 Å². The van der Waals surface area contributed by atoms with E-state index in [4.69, 9.17) is 5.11 Å². The summed E-state index contributed by atoms with van der Waals surface area (Å²) in [5, 5.41) is 12.0. The lowest BCUT2D eigenvalue weighted by Crippen LogP contribution is -2.14. The van der Waals surface area contributed by atoms with E-state index in [0.717, 1.165) is 18.9 Å². The van der Waals surface area contributed by atoms with Crippen LogP contribution in [0.25, 0.3) is 0 Å². The Morgan fingerprint density at radius 3 is 3.00 bits per heavy atom. The zero-order valence-corrected chi connectivity index (χ0v) is 6.47. The first-order chi connectivity index (χ1) is 4.93. The van der Waals surface area contributed by atoms with Crippen LogP contribution in [0.1, 0.15) is 25.7 Å². The van der Waals surface area contributed by atoms with Gasteiger partial charge >= 0.3 is 0 Å². The van der Waals surface area contributed by atoms with Crippen molar-refractivity contribution in [3.63, 3.8) is 0 Å². The monoisotopic (exact) mass is 143 g/mol. The van der Waals surface area contributed by atoms with Gasteiger partial charge < -0.3 is 10.4 Å². The Kier molecular flexibility index (Phi) is 3.76. The molecule has 0 aromatic heterocycles. The molecular weight excluding hydrogens is 126 g/mol. The predicted molar refractivity (Wildman–Crippen MR) is 41.9 cm³/mol. The molecule has 0 radical (unpaired) electrons. The first-order valence-corrected chi connectivity index (χ1v) is 4.25. The number of nitrogens with one attached hydrogen (secondary N) is 1. The predicted octanol–water partition coefficient (Wildman–Crippen LogP) is 0.758. The van der Waals surface area contributed by atoms with E-state index in [2.05, 4.69) is 5.32 Å². The van der Waals surface area contributed by atoms with Gasteiger partial charge in [0.2, 0.25) is 0 Å². The molecule has 1 saturated heterocycles. The number of rotatable bonds is 2. The van der Waals surface area contributed by atoms with Crippen LogP contribution in [0.4, 0.5) is 0 Å². The molecule has 60 valence electrons. The molecular formula is C8H17NO. The third-order valence-corrected chi connectivity index (χ3v) is 2.23. The van der Waals surface area contributed by atoms with Crippen LogP contribution in [0.2, 0.25) is 0 Å². The average Bonchev–Trinajstić information content (AvgIpc) is 2.17. The SMILES string of the molecule is OCC[C@H]1CCCNCC1. The van der Waals surface area contributed by atoms with Crippen LogP contribution in [0, 0.1) is 5.92 Å². The zero-order valence-electron chi connectivity index (χ0n) is 6.47. The molecule has 2 N–H and O–H groups in total. The van der Waals surface area contributed by atoms with Gasteiger partial charge in [0.25, 0.3) is 0 Å². The maximum atomic E-state index is 8.69. The van der Waals surface area contributed by atoms with Gasteiger partial charge in [-0.2, -0.15) is 0 Å². The Hall–Kier alpha value is -0.0800. The van der Waals surface area contributed by atoms with Crippen molar-refractivity contribution in [2.45, 2.75) is 25.7 Å². The van der Waals surface area contributed by atoms with E-state index in [9.17, 15) is 0 Å². The molecule has 0 unspecified atom stereocenters. The van der Waals surface area contributed by atoms with Gasteiger partial charge in [-0.05, 0) is 44.7 Å². The number of hydrogen-bond donors (Lipinski definition) is 2. The summed E-state index contributed by atoms with van der Waals surface area (Å²) >= 11 is 0. The molecule has 0 bridgehead atoms. The highest BCUT2D eigenvalue weighted by molar-refractivity contribution is 4.65. The summed E-state index contributed by atoms with van der Waals surface area (Å²) in [4.78, 5) is 0. The minimum absolute atomic E-state index is 0.366. The quantitative estimate of drug-likeness (QED) is 0.598. The number of aliphatic hydroxyl groups is 1. The maximum Gasteiger partial charge on any atom is 0.0433 e. The lowest BCUT2D eigenvalue weighted by molar-refractivity contribution is 0.249. The van der Waals surface area contributed by atoms with E-state index >= 15 is 0 Å². The zero-order chi connectivity index (χ0) is 7.23. The van der Waals surface area contributed by atoms with E-state index in [-0.39, 0.29) is 0 Å². The lowest BCUT2D eigenvalue weighted by Gasteiger charge is -2.10. The minimum Gasteiger partial charge on any atom is -0.396 e. The maximum absolute atomic E-state index is 8.69.